The molecule has 6 nitrogen and oxygen atoms in total. The molecule has 0 aliphatic heterocycles. The van der Waals surface area contributed by atoms with Crippen molar-refractivity contribution < 1.29 is 9.59 Å². The summed E-state index contributed by atoms with van der Waals surface area (Å²) in [4.78, 5) is 23.4. The third kappa shape index (κ3) is 7.71. The maximum Gasteiger partial charge on any atom is 0.244 e. The Labute approximate surface area is 168 Å². The molecular weight excluding hydrogens is 464 g/mol. The van der Waals surface area contributed by atoms with E-state index in [-0.39, 0.29) is 24.7 Å². The van der Waals surface area contributed by atoms with Crippen molar-refractivity contribution in [1.29, 1.82) is 0 Å². The van der Waals surface area contributed by atoms with Gasteiger partial charge >= 0.3 is 0 Å². The van der Waals surface area contributed by atoms with Gasteiger partial charge in [0.1, 0.15) is 0 Å². The maximum atomic E-state index is 11.7. The second-order valence-corrected chi connectivity index (χ2v) is 7.06. The normalized spacial score (nSPS) is 11.0. The van der Waals surface area contributed by atoms with Crippen LogP contribution in [0.15, 0.2) is 67.7 Å². The van der Waals surface area contributed by atoms with E-state index in [1.54, 1.807) is 0 Å². The molecule has 2 aromatic carbocycles. The van der Waals surface area contributed by atoms with Gasteiger partial charge in [-0.1, -0.05) is 56.1 Å². The summed E-state index contributed by atoms with van der Waals surface area (Å²) in [6.07, 6.45) is 3.04. The zero-order valence-electron chi connectivity index (χ0n) is 13.7. The predicted octanol–water partition coefficient (Wildman–Crippen LogP) is 3.20. The molecule has 0 aromatic heterocycles. The monoisotopic (exact) mass is 478 g/mol. The van der Waals surface area contributed by atoms with Gasteiger partial charge in [0.05, 0.1) is 25.3 Å². The number of carbonyl (C=O) groups excluding carboxylic acids is 2. The van der Waals surface area contributed by atoms with E-state index in [0.717, 1.165) is 20.1 Å². The van der Waals surface area contributed by atoms with Crippen molar-refractivity contribution in [2.45, 2.75) is 12.8 Å². The van der Waals surface area contributed by atoms with Crippen molar-refractivity contribution in [3.63, 3.8) is 0 Å². The lowest BCUT2D eigenvalue weighted by Gasteiger charge is -2.00. The number of amides is 2. The topological polar surface area (TPSA) is 82.9 Å². The van der Waals surface area contributed by atoms with Gasteiger partial charge < -0.3 is 0 Å². The van der Waals surface area contributed by atoms with Crippen LogP contribution >= 0.6 is 31.9 Å². The van der Waals surface area contributed by atoms with Crippen LogP contribution in [0.5, 0.6) is 0 Å². The van der Waals surface area contributed by atoms with E-state index in [1.807, 2.05) is 48.5 Å². The molecule has 0 unspecified atom stereocenters. The lowest BCUT2D eigenvalue weighted by atomic mass is 10.1. The largest absolute Gasteiger partial charge is 0.273 e. The molecule has 2 rings (SSSR count). The molecule has 0 bridgehead atoms. The number of hydrazone groups is 2. The van der Waals surface area contributed by atoms with Crippen LogP contribution in [-0.4, -0.2) is 24.2 Å². The van der Waals surface area contributed by atoms with Crippen molar-refractivity contribution >= 4 is 56.1 Å². The first-order chi connectivity index (χ1) is 12.5. The first-order valence-corrected chi connectivity index (χ1v) is 9.23. The SMILES string of the molecule is O=C(Cc1ccc(Br)cc1)N/N=C/C=N/NC(=O)Cc1ccc(Br)cc1. The Bertz CT molecular complexity index is 733. The minimum atomic E-state index is -0.240. The van der Waals surface area contributed by atoms with Gasteiger partial charge in [0.15, 0.2) is 0 Å². The Morgan fingerprint density at radius 1 is 0.731 bits per heavy atom. The van der Waals surface area contributed by atoms with Gasteiger partial charge in [-0.25, -0.2) is 10.9 Å². The fourth-order valence-electron chi connectivity index (χ4n) is 1.94. The van der Waals surface area contributed by atoms with Crippen LogP contribution in [-0.2, 0) is 22.4 Å². The van der Waals surface area contributed by atoms with Crippen LogP contribution in [0.4, 0.5) is 0 Å². The van der Waals surface area contributed by atoms with Crippen molar-refractivity contribution in [2.75, 3.05) is 0 Å². The molecule has 0 saturated carbocycles. The summed E-state index contributed by atoms with van der Waals surface area (Å²) >= 11 is 6.68. The van der Waals surface area contributed by atoms with Crippen LogP contribution in [0.2, 0.25) is 0 Å². The summed E-state index contributed by atoms with van der Waals surface area (Å²) in [6, 6.07) is 14.9. The molecule has 0 aliphatic carbocycles. The predicted molar refractivity (Wildman–Crippen MR) is 109 cm³/mol. The maximum absolute atomic E-state index is 11.7. The molecule has 26 heavy (non-hydrogen) atoms. The summed E-state index contributed by atoms with van der Waals surface area (Å²) in [6.45, 7) is 0. The molecule has 0 spiro atoms. The highest BCUT2D eigenvalue weighted by Crippen LogP contribution is 2.11. The summed E-state index contributed by atoms with van der Waals surface area (Å²) in [5, 5.41) is 7.47. The quantitative estimate of drug-likeness (QED) is 0.472. The zero-order chi connectivity index (χ0) is 18.8. The van der Waals surface area contributed by atoms with E-state index in [0.29, 0.717) is 0 Å². The van der Waals surface area contributed by atoms with Crippen molar-refractivity contribution in [1.82, 2.24) is 10.9 Å². The first-order valence-electron chi connectivity index (χ1n) is 7.64. The van der Waals surface area contributed by atoms with Crippen LogP contribution in [0.1, 0.15) is 11.1 Å². The molecule has 0 aliphatic rings. The minimum Gasteiger partial charge on any atom is -0.273 e. The molecular formula is C18H16Br2N4O2. The van der Waals surface area contributed by atoms with Gasteiger partial charge in [0, 0.05) is 8.95 Å². The van der Waals surface area contributed by atoms with Crippen LogP contribution in [0, 0.1) is 0 Å². The Morgan fingerprint density at radius 2 is 1.08 bits per heavy atom. The van der Waals surface area contributed by atoms with Gasteiger partial charge in [-0.3, -0.25) is 9.59 Å². The molecule has 2 amide bonds. The average molecular weight is 480 g/mol. The number of benzene rings is 2. The molecule has 0 radical (unpaired) electrons. The van der Waals surface area contributed by atoms with Crippen molar-refractivity contribution in [3.05, 3.63) is 68.6 Å². The smallest absolute Gasteiger partial charge is 0.244 e. The second-order valence-electron chi connectivity index (χ2n) is 5.23. The fraction of sp³-hybridized carbons (Fsp3) is 0.111. The van der Waals surface area contributed by atoms with E-state index >= 15 is 0 Å². The molecule has 134 valence electrons. The number of hydrogen-bond donors (Lipinski definition) is 2. The zero-order valence-corrected chi connectivity index (χ0v) is 16.8. The summed E-state index contributed by atoms with van der Waals surface area (Å²) in [5.41, 5.74) is 6.55. The Hall–Kier alpha value is -2.32. The Morgan fingerprint density at radius 3 is 1.42 bits per heavy atom. The Balaban J connectivity index is 1.67. The van der Waals surface area contributed by atoms with E-state index in [2.05, 4.69) is 52.9 Å². The summed E-state index contributed by atoms with van der Waals surface area (Å²) in [5.74, 6) is -0.479. The number of hydrogen-bond acceptors (Lipinski definition) is 4. The number of halogens is 2. The van der Waals surface area contributed by atoms with E-state index < -0.39 is 0 Å². The number of nitrogens with one attached hydrogen (secondary N) is 2. The lowest BCUT2D eigenvalue weighted by molar-refractivity contribution is -0.121. The van der Waals surface area contributed by atoms with E-state index in [1.165, 1.54) is 12.4 Å². The molecule has 0 atom stereocenters. The van der Waals surface area contributed by atoms with Gasteiger partial charge in [-0.15, -0.1) is 0 Å². The van der Waals surface area contributed by atoms with Crippen molar-refractivity contribution in [3.8, 4) is 0 Å². The molecule has 0 saturated heterocycles. The molecule has 2 aromatic rings. The summed E-state index contributed by atoms with van der Waals surface area (Å²) < 4.78 is 1.91. The Kier molecular flexibility index (Phi) is 8.17. The lowest BCUT2D eigenvalue weighted by Crippen LogP contribution is -2.21. The highest BCUT2D eigenvalue weighted by molar-refractivity contribution is 9.10. The van der Waals surface area contributed by atoms with Gasteiger partial charge in [0.25, 0.3) is 0 Å². The molecule has 2 N–H and O–H groups in total. The van der Waals surface area contributed by atoms with Crippen LogP contribution < -0.4 is 10.9 Å². The minimum absolute atomic E-state index is 0.228. The highest BCUT2D eigenvalue weighted by Gasteiger charge is 2.02. The fourth-order valence-corrected chi connectivity index (χ4v) is 2.47. The third-order valence-corrected chi connectivity index (χ3v) is 4.21. The highest BCUT2D eigenvalue weighted by atomic mass is 79.9. The standard InChI is InChI=1S/C18H16Br2N4O2/c19-15-5-1-13(2-6-15)11-17(25)23-21-9-10-22-24-18(26)12-14-3-7-16(20)8-4-14/h1-10H,11-12H2,(H,23,25)(H,24,26)/b21-9+,22-10+. The van der Waals surface area contributed by atoms with Gasteiger partial charge in [-0.2, -0.15) is 10.2 Å². The van der Waals surface area contributed by atoms with E-state index in [9.17, 15) is 9.59 Å². The van der Waals surface area contributed by atoms with Crippen LogP contribution in [0.25, 0.3) is 0 Å². The number of nitrogens with zero attached hydrogens (tertiary/aromatic N) is 2. The van der Waals surface area contributed by atoms with Crippen molar-refractivity contribution in [2.24, 2.45) is 10.2 Å². The summed E-state index contributed by atoms with van der Waals surface area (Å²) in [7, 11) is 0. The second kappa shape index (κ2) is 10.6. The number of carbonyl (C=O) groups is 2. The average Bonchev–Trinajstić information content (AvgIpc) is 2.62. The van der Waals surface area contributed by atoms with Gasteiger partial charge in [0.2, 0.25) is 11.8 Å². The van der Waals surface area contributed by atoms with E-state index in [4.69, 9.17) is 0 Å². The van der Waals surface area contributed by atoms with Gasteiger partial charge in [-0.05, 0) is 35.4 Å². The molecule has 8 heteroatoms. The molecule has 0 fully saturated rings. The third-order valence-electron chi connectivity index (χ3n) is 3.15. The molecule has 0 heterocycles. The number of rotatable bonds is 7. The van der Waals surface area contributed by atoms with Crippen LogP contribution in [0.3, 0.4) is 0 Å². The first kappa shape index (κ1) is 20.0.